The van der Waals surface area contributed by atoms with Crippen LogP contribution < -0.4 is 0 Å². The van der Waals surface area contributed by atoms with E-state index in [0.717, 1.165) is 12.8 Å². The second-order valence-electron chi connectivity index (χ2n) is 4.82. The van der Waals surface area contributed by atoms with E-state index in [-0.39, 0.29) is 5.91 Å². The average molecular weight is 277 g/mol. The van der Waals surface area contributed by atoms with Gasteiger partial charge in [-0.1, -0.05) is 51.3 Å². The molecule has 112 valence electrons. The van der Waals surface area contributed by atoms with Crippen molar-refractivity contribution < 1.29 is 9.59 Å². The highest BCUT2D eigenvalue weighted by atomic mass is 16.2. The summed E-state index contributed by atoms with van der Waals surface area (Å²) in [7, 11) is 1.77. The molecule has 0 rings (SSSR count). The van der Waals surface area contributed by atoms with Crippen molar-refractivity contribution in [1.29, 1.82) is 0 Å². The van der Waals surface area contributed by atoms with E-state index in [1.54, 1.807) is 31.0 Å². The molecule has 0 unspecified atom stereocenters. The maximum absolute atomic E-state index is 12.3. The fourth-order valence-electron chi connectivity index (χ4n) is 1.96. The highest BCUT2D eigenvalue weighted by Gasteiger charge is 2.16. The molecule has 0 fully saturated rings. The van der Waals surface area contributed by atoms with Crippen LogP contribution in [0.2, 0.25) is 0 Å². The van der Waals surface area contributed by atoms with E-state index < -0.39 is 0 Å². The van der Waals surface area contributed by atoms with Gasteiger partial charge in [-0.2, -0.15) is 0 Å². The van der Waals surface area contributed by atoms with Gasteiger partial charge < -0.3 is 4.90 Å². The molecular weight excluding hydrogens is 250 g/mol. The first-order chi connectivity index (χ1) is 9.62. The summed E-state index contributed by atoms with van der Waals surface area (Å²) in [5.74, 6) is -0.124. The predicted molar refractivity (Wildman–Crippen MR) is 84.5 cm³/mol. The first-order valence-corrected chi connectivity index (χ1v) is 7.32. The molecule has 0 saturated heterocycles. The molecule has 0 aromatic heterocycles. The molecule has 1 amide bonds. The van der Waals surface area contributed by atoms with Gasteiger partial charge in [0.1, 0.15) is 0 Å². The standard InChI is InChI=1S/C17H27NO2/c1-5-8-9-10-11-13-18(4)17(20)16(12-6-2)15(7-3)14-19/h6-7,12,14H,2,5,8-11,13H2,1,3-4H3/b15-7-,16-12+. The van der Waals surface area contributed by atoms with Gasteiger partial charge >= 0.3 is 0 Å². The minimum absolute atomic E-state index is 0.124. The first kappa shape index (κ1) is 18.4. The molecule has 0 spiro atoms. The number of carbonyl (C=O) groups excluding carboxylic acids is 2. The van der Waals surface area contributed by atoms with Crippen LogP contribution in [0.4, 0.5) is 0 Å². The zero-order valence-electron chi connectivity index (χ0n) is 13.0. The first-order valence-electron chi connectivity index (χ1n) is 7.32. The number of allylic oxidation sites excluding steroid dienone is 3. The number of amides is 1. The third-order valence-corrected chi connectivity index (χ3v) is 3.21. The highest BCUT2D eigenvalue weighted by molar-refractivity contribution is 6.05. The number of nitrogens with zero attached hydrogens (tertiary/aromatic N) is 1. The van der Waals surface area contributed by atoms with Gasteiger partial charge in [-0.05, 0) is 19.4 Å². The molecule has 20 heavy (non-hydrogen) atoms. The van der Waals surface area contributed by atoms with Gasteiger partial charge in [-0.15, -0.1) is 0 Å². The van der Waals surface area contributed by atoms with Gasteiger partial charge in [-0.3, -0.25) is 9.59 Å². The number of likely N-dealkylation sites (N-methyl/N-ethyl adjacent to an activating group) is 1. The van der Waals surface area contributed by atoms with Gasteiger partial charge in [0.2, 0.25) is 0 Å². The van der Waals surface area contributed by atoms with Crippen molar-refractivity contribution in [2.45, 2.75) is 46.0 Å². The van der Waals surface area contributed by atoms with Crippen LogP contribution in [0.1, 0.15) is 46.0 Å². The van der Waals surface area contributed by atoms with Gasteiger partial charge in [0, 0.05) is 24.7 Å². The van der Waals surface area contributed by atoms with Gasteiger partial charge in [-0.25, -0.2) is 0 Å². The van der Waals surface area contributed by atoms with Crippen molar-refractivity contribution in [3.63, 3.8) is 0 Å². The second kappa shape index (κ2) is 11.2. The Hall–Kier alpha value is -1.64. The lowest BCUT2D eigenvalue weighted by atomic mass is 10.0. The molecule has 3 heteroatoms. The number of carbonyl (C=O) groups is 2. The zero-order valence-corrected chi connectivity index (χ0v) is 13.0. The van der Waals surface area contributed by atoms with Crippen LogP contribution >= 0.6 is 0 Å². The van der Waals surface area contributed by atoms with Crippen LogP contribution in [0.15, 0.2) is 36.0 Å². The number of hydrogen-bond donors (Lipinski definition) is 0. The summed E-state index contributed by atoms with van der Waals surface area (Å²) in [5, 5.41) is 0. The molecule has 0 aliphatic carbocycles. The number of hydrogen-bond acceptors (Lipinski definition) is 2. The topological polar surface area (TPSA) is 37.4 Å². The average Bonchev–Trinajstić information content (AvgIpc) is 2.46. The van der Waals surface area contributed by atoms with Crippen molar-refractivity contribution >= 4 is 12.2 Å². The molecular formula is C17H27NO2. The van der Waals surface area contributed by atoms with E-state index in [1.165, 1.54) is 25.3 Å². The largest absolute Gasteiger partial charge is 0.342 e. The fraction of sp³-hybridized carbons (Fsp3) is 0.529. The number of rotatable bonds is 10. The van der Waals surface area contributed by atoms with E-state index in [4.69, 9.17) is 0 Å². The zero-order chi connectivity index (χ0) is 15.4. The lowest BCUT2D eigenvalue weighted by Crippen LogP contribution is -2.30. The third kappa shape index (κ3) is 6.50. The van der Waals surface area contributed by atoms with Crippen LogP contribution in [0, 0.1) is 0 Å². The summed E-state index contributed by atoms with van der Waals surface area (Å²) in [6.07, 6.45) is 11.3. The van der Waals surface area contributed by atoms with E-state index in [1.807, 2.05) is 0 Å². The fourth-order valence-corrected chi connectivity index (χ4v) is 1.96. The maximum Gasteiger partial charge on any atom is 0.254 e. The third-order valence-electron chi connectivity index (χ3n) is 3.21. The molecule has 0 radical (unpaired) electrons. The van der Waals surface area contributed by atoms with Crippen LogP contribution in [-0.4, -0.2) is 30.7 Å². The van der Waals surface area contributed by atoms with Crippen molar-refractivity contribution in [2.75, 3.05) is 13.6 Å². The monoisotopic (exact) mass is 277 g/mol. The molecule has 0 aliphatic heterocycles. The Kier molecular flexibility index (Phi) is 10.3. The molecule has 0 bridgehead atoms. The Labute approximate surface area is 123 Å². The minimum Gasteiger partial charge on any atom is -0.342 e. The molecule has 0 aliphatic rings. The summed E-state index contributed by atoms with van der Waals surface area (Å²) < 4.78 is 0. The quantitative estimate of drug-likeness (QED) is 0.264. The van der Waals surface area contributed by atoms with Crippen LogP contribution in [0.3, 0.4) is 0 Å². The summed E-state index contributed by atoms with van der Waals surface area (Å²) in [5.41, 5.74) is 0.821. The van der Waals surface area contributed by atoms with Crippen molar-refractivity contribution in [2.24, 2.45) is 0 Å². The highest BCUT2D eigenvalue weighted by Crippen LogP contribution is 2.12. The van der Waals surface area contributed by atoms with E-state index in [2.05, 4.69) is 13.5 Å². The Bertz CT molecular complexity index is 380. The van der Waals surface area contributed by atoms with Crippen molar-refractivity contribution in [3.05, 3.63) is 36.0 Å². The Morgan fingerprint density at radius 1 is 1.20 bits per heavy atom. The predicted octanol–water partition coefficient (Wildman–Crippen LogP) is 3.67. The van der Waals surface area contributed by atoms with Crippen LogP contribution in [0.5, 0.6) is 0 Å². The smallest absolute Gasteiger partial charge is 0.254 e. The number of unbranched alkanes of at least 4 members (excludes halogenated alkanes) is 4. The molecule has 0 aromatic rings. The maximum atomic E-state index is 12.3. The molecule has 3 nitrogen and oxygen atoms in total. The number of aldehydes is 1. The summed E-state index contributed by atoms with van der Waals surface area (Å²) in [6.45, 7) is 8.24. The summed E-state index contributed by atoms with van der Waals surface area (Å²) in [4.78, 5) is 25.0. The van der Waals surface area contributed by atoms with E-state index >= 15 is 0 Å². The molecule has 0 atom stereocenters. The van der Waals surface area contributed by atoms with Gasteiger partial charge in [0.15, 0.2) is 6.29 Å². The van der Waals surface area contributed by atoms with E-state index in [9.17, 15) is 9.59 Å². The minimum atomic E-state index is -0.124. The van der Waals surface area contributed by atoms with Gasteiger partial charge in [0.05, 0.1) is 0 Å². The van der Waals surface area contributed by atoms with Crippen molar-refractivity contribution in [3.8, 4) is 0 Å². The molecule has 0 N–H and O–H groups in total. The Balaban J connectivity index is 4.55. The molecule has 0 saturated carbocycles. The lowest BCUT2D eigenvalue weighted by Gasteiger charge is -2.19. The van der Waals surface area contributed by atoms with Gasteiger partial charge in [0.25, 0.3) is 5.91 Å². The summed E-state index contributed by atoms with van der Waals surface area (Å²) >= 11 is 0. The molecule has 0 aromatic carbocycles. The normalized spacial score (nSPS) is 12.2. The van der Waals surface area contributed by atoms with E-state index in [0.29, 0.717) is 24.0 Å². The summed E-state index contributed by atoms with van der Waals surface area (Å²) in [6, 6.07) is 0. The second-order valence-corrected chi connectivity index (χ2v) is 4.82. The SMILES string of the molecule is C=C/C=C(C(=O)N(C)CCCCCCC)\C(C=O)=C/C. The molecule has 0 heterocycles. The van der Waals surface area contributed by atoms with Crippen LogP contribution in [-0.2, 0) is 9.59 Å². The Morgan fingerprint density at radius 3 is 2.35 bits per heavy atom. The van der Waals surface area contributed by atoms with Crippen molar-refractivity contribution in [1.82, 2.24) is 4.90 Å². The Morgan fingerprint density at radius 2 is 1.85 bits per heavy atom. The van der Waals surface area contributed by atoms with Crippen LogP contribution in [0.25, 0.3) is 0 Å². The lowest BCUT2D eigenvalue weighted by molar-refractivity contribution is -0.126.